The van der Waals surface area contributed by atoms with Gasteiger partial charge in [0.25, 0.3) is 5.89 Å². The monoisotopic (exact) mass is 267 g/mol. The van der Waals surface area contributed by atoms with E-state index < -0.39 is 0 Å². The highest BCUT2D eigenvalue weighted by Crippen LogP contribution is 2.21. The highest BCUT2D eigenvalue weighted by molar-refractivity contribution is 5.47. The fraction of sp³-hybridized carbons (Fsp3) is 0.133. The fourth-order valence-corrected chi connectivity index (χ4v) is 1.75. The molecule has 1 atom stereocenters. The van der Waals surface area contributed by atoms with Gasteiger partial charge >= 0.3 is 0 Å². The van der Waals surface area contributed by atoms with E-state index in [0.29, 0.717) is 17.4 Å². The Labute approximate surface area is 116 Å². The summed E-state index contributed by atoms with van der Waals surface area (Å²) in [5.74, 6) is 1.65. The molecule has 0 saturated heterocycles. The van der Waals surface area contributed by atoms with Crippen molar-refractivity contribution in [2.75, 3.05) is 0 Å². The molecule has 0 aliphatic carbocycles. The van der Waals surface area contributed by atoms with Crippen LogP contribution >= 0.6 is 0 Å². The Morgan fingerprint density at radius 2 is 1.85 bits per heavy atom. The molecule has 3 aromatic rings. The Balaban J connectivity index is 1.77. The molecule has 2 heterocycles. The average Bonchev–Trinajstić information content (AvgIpc) is 2.99. The molecule has 0 unspecified atom stereocenters. The van der Waals surface area contributed by atoms with Gasteiger partial charge in [-0.05, 0) is 31.2 Å². The topological polar surface area (TPSA) is 61.0 Å². The van der Waals surface area contributed by atoms with Gasteiger partial charge in [-0.1, -0.05) is 29.4 Å². The van der Waals surface area contributed by atoms with Crippen LogP contribution in [0.3, 0.4) is 0 Å². The third-order valence-corrected chi connectivity index (χ3v) is 2.74. The van der Waals surface area contributed by atoms with Crippen LogP contribution in [0.25, 0.3) is 11.5 Å². The molecule has 0 amide bonds. The van der Waals surface area contributed by atoms with E-state index in [1.807, 2.05) is 55.5 Å². The summed E-state index contributed by atoms with van der Waals surface area (Å²) in [5.41, 5.74) is 0.675. The maximum atomic E-state index is 5.73. The largest absolute Gasteiger partial charge is 0.481 e. The second kappa shape index (κ2) is 5.52. The van der Waals surface area contributed by atoms with E-state index in [9.17, 15) is 0 Å². The van der Waals surface area contributed by atoms with Crippen molar-refractivity contribution < 1.29 is 9.26 Å². The smallest absolute Gasteiger partial charge is 0.267 e. The Bertz CT molecular complexity index is 668. The predicted molar refractivity (Wildman–Crippen MR) is 73.0 cm³/mol. The SMILES string of the molecule is C[C@H](Oc1ccccc1)c1nc(-c2ccccn2)no1. The lowest BCUT2D eigenvalue weighted by atomic mass is 10.3. The van der Waals surface area contributed by atoms with Crippen molar-refractivity contribution in [3.63, 3.8) is 0 Å². The zero-order valence-electron chi connectivity index (χ0n) is 10.9. The van der Waals surface area contributed by atoms with Crippen molar-refractivity contribution in [1.29, 1.82) is 0 Å². The molecule has 0 bridgehead atoms. The normalized spacial score (nSPS) is 12.1. The minimum absolute atomic E-state index is 0.317. The fourth-order valence-electron chi connectivity index (χ4n) is 1.75. The van der Waals surface area contributed by atoms with E-state index in [1.54, 1.807) is 6.20 Å². The summed E-state index contributed by atoms with van der Waals surface area (Å²) in [6, 6.07) is 15.1. The van der Waals surface area contributed by atoms with E-state index in [2.05, 4.69) is 15.1 Å². The summed E-state index contributed by atoms with van der Waals surface area (Å²) in [6.07, 6.45) is 1.37. The van der Waals surface area contributed by atoms with Gasteiger partial charge in [0.1, 0.15) is 11.4 Å². The van der Waals surface area contributed by atoms with Gasteiger partial charge in [0.2, 0.25) is 5.82 Å². The minimum Gasteiger partial charge on any atom is -0.481 e. The Morgan fingerprint density at radius 3 is 2.60 bits per heavy atom. The molecule has 3 rings (SSSR count). The van der Waals surface area contributed by atoms with Crippen molar-refractivity contribution >= 4 is 0 Å². The van der Waals surface area contributed by atoms with Crippen LogP contribution in [-0.4, -0.2) is 15.1 Å². The van der Waals surface area contributed by atoms with Crippen LogP contribution in [0.2, 0.25) is 0 Å². The first-order chi connectivity index (χ1) is 9.83. The second-order valence-corrected chi connectivity index (χ2v) is 4.24. The lowest BCUT2D eigenvalue weighted by molar-refractivity contribution is 0.176. The van der Waals surface area contributed by atoms with E-state index in [4.69, 9.17) is 9.26 Å². The van der Waals surface area contributed by atoms with Gasteiger partial charge in [0.15, 0.2) is 6.10 Å². The van der Waals surface area contributed by atoms with Gasteiger partial charge in [0.05, 0.1) is 0 Å². The molecule has 20 heavy (non-hydrogen) atoms. The quantitative estimate of drug-likeness (QED) is 0.726. The summed E-state index contributed by atoms with van der Waals surface area (Å²) >= 11 is 0. The molecule has 0 fully saturated rings. The standard InChI is InChI=1S/C15H13N3O2/c1-11(19-12-7-3-2-4-8-12)15-17-14(18-20-15)13-9-5-6-10-16-13/h2-11H,1H3/t11-/m0/s1. The van der Waals surface area contributed by atoms with Crippen molar-refractivity contribution in [3.05, 3.63) is 60.6 Å². The van der Waals surface area contributed by atoms with Gasteiger partial charge in [0, 0.05) is 6.20 Å². The average molecular weight is 267 g/mol. The highest BCUT2D eigenvalue weighted by Gasteiger charge is 2.17. The summed E-state index contributed by atoms with van der Waals surface area (Å²) in [4.78, 5) is 8.49. The lowest BCUT2D eigenvalue weighted by Gasteiger charge is -2.09. The molecular formula is C15H13N3O2. The van der Waals surface area contributed by atoms with Gasteiger partial charge in [-0.2, -0.15) is 4.98 Å². The number of rotatable bonds is 4. The lowest BCUT2D eigenvalue weighted by Crippen LogP contribution is -2.03. The first-order valence-corrected chi connectivity index (χ1v) is 6.29. The number of para-hydroxylation sites is 1. The van der Waals surface area contributed by atoms with Crippen LogP contribution in [0.15, 0.2) is 59.3 Å². The molecule has 0 aliphatic rings. The maximum absolute atomic E-state index is 5.73. The Morgan fingerprint density at radius 1 is 1.05 bits per heavy atom. The maximum Gasteiger partial charge on any atom is 0.267 e. The number of benzene rings is 1. The third-order valence-electron chi connectivity index (χ3n) is 2.74. The third kappa shape index (κ3) is 2.66. The number of pyridine rings is 1. The summed E-state index contributed by atoms with van der Waals surface area (Å²) < 4.78 is 11.0. The molecule has 5 nitrogen and oxygen atoms in total. The first-order valence-electron chi connectivity index (χ1n) is 6.29. The van der Waals surface area contributed by atoms with Crippen molar-refractivity contribution in [3.8, 4) is 17.3 Å². The Kier molecular flexibility index (Phi) is 3.41. The van der Waals surface area contributed by atoms with E-state index in [0.717, 1.165) is 5.75 Å². The van der Waals surface area contributed by atoms with Crippen LogP contribution in [0.5, 0.6) is 5.75 Å². The van der Waals surface area contributed by atoms with Crippen molar-refractivity contribution in [2.45, 2.75) is 13.0 Å². The van der Waals surface area contributed by atoms with Crippen LogP contribution < -0.4 is 4.74 Å². The molecule has 1 aromatic carbocycles. The molecule has 2 aromatic heterocycles. The number of nitrogens with zero attached hydrogens (tertiary/aromatic N) is 3. The molecule has 0 saturated carbocycles. The van der Waals surface area contributed by atoms with Crippen LogP contribution in [0.4, 0.5) is 0 Å². The van der Waals surface area contributed by atoms with Gasteiger partial charge in [-0.15, -0.1) is 0 Å². The van der Waals surface area contributed by atoms with Gasteiger partial charge in [-0.3, -0.25) is 4.98 Å². The summed E-state index contributed by atoms with van der Waals surface area (Å²) in [6.45, 7) is 1.86. The minimum atomic E-state index is -0.317. The molecule has 5 heteroatoms. The first kappa shape index (κ1) is 12.3. The van der Waals surface area contributed by atoms with Gasteiger partial charge in [-0.25, -0.2) is 0 Å². The molecule has 0 aliphatic heterocycles. The van der Waals surface area contributed by atoms with Crippen molar-refractivity contribution in [1.82, 2.24) is 15.1 Å². The second-order valence-electron chi connectivity index (χ2n) is 4.24. The molecular weight excluding hydrogens is 254 g/mol. The summed E-state index contributed by atoms with van der Waals surface area (Å²) in [7, 11) is 0. The molecule has 0 spiro atoms. The zero-order valence-corrected chi connectivity index (χ0v) is 10.9. The predicted octanol–water partition coefficient (Wildman–Crippen LogP) is 3.27. The zero-order chi connectivity index (χ0) is 13.8. The van der Waals surface area contributed by atoms with Crippen LogP contribution in [0.1, 0.15) is 18.9 Å². The molecule has 0 radical (unpaired) electrons. The number of ether oxygens (including phenoxy) is 1. The van der Waals surface area contributed by atoms with E-state index in [-0.39, 0.29) is 6.10 Å². The van der Waals surface area contributed by atoms with E-state index in [1.165, 1.54) is 0 Å². The van der Waals surface area contributed by atoms with Gasteiger partial charge < -0.3 is 9.26 Å². The number of hydrogen-bond donors (Lipinski definition) is 0. The Hall–Kier alpha value is -2.69. The van der Waals surface area contributed by atoms with E-state index >= 15 is 0 Å². The van der Waals surface area contributed by atoms with Crippen LogP contribution in [-0.2, 0) is 0 Å². The van der Waals surface area contributed by atoms with Crippen molar-refractivity contribution in [2.24, 2.45) is 0 Å². The number of hydrogen-bond acceptors (Lipinski definition) is 5. The molecule has 100 valence electrons. The van der Waals surface area contributed by atoms with Crippen LogP contribution in [0, 0.1) is 0 Å². The number of aromatic nitrogens is 3. The highest BCUT2D eigenvalue weighted by atomic mass is 16.5. The molecule has 0 N–H and O–H groups in total. The summed E-state index contributed by atoms with van der Waals surface area (Å²) in [5, 5.41) is 3.92.